The standard InChI is InChI=1S/C17H17Cl2N/c18-14-6-4-13(5-7-14)17-3-1-2-12-20(17)16-10-8-15(19)9-11-16/h4-11,17H,1-3,12H2. The van der Waals surface area contributed by atoms with Gasteiger partial charge in [0, 0.05) is 22.3 Å². The zero-order valence-electron chi connectivity index (χ0n) is 11.2. The fourth-order valence-corrected chi connectivity index (χ4v) is 3.16. The zero-order chi connectivity index (χ0) is 13.9. The Bertz CT molecular complexity index is 509. The van der Waals surface area contributed by atoms with Crippen LogP contribution in [-0.2, 0) is 0 Å². The molecule has 3 rings (SSSR count). The molecule has 20 heavy (non-hydrogen) atoms. The third-order valence-electron chi connectivity index (χ3n) is 3.92. The van der Waals surface area contributed by atoms with Crippen LogP contribution in [0.2, 0.25) is 10.0 Å². The van der Waals surface area contributed by atoms with E-state index >= 15 is 0 Å². The Morgan fingerprint density at radius 1 is 0.800 bits per heavy atom. The lowest BCUT2D eigenvalue weighted by molar-refractivity contribution is 0.473. The van der Waals surface area contributed by atoms with Gasteiger partial charge in [0.1, 0.15) is 0 Å². The summed E-state index contributed by atoms with van der Waals surface area (Å²) in [6, 6.07) is 16.8. The molecule has 1 nitrogen and oxygen atoms in total. The summed E-state index contributed by atoms with van der Waals surface area (Å²) in [6.07, 6.45) is 3.70. The zero-order valence-corrected chi connectivity index (χ0v) is 12.7. The minimum absolute atomic E-state index is 0.433. The summed E-state index contributed by atoms with van der Waals surface area (Å²) in [5, 5.41) is 1.58. The Morgan fingerprint density at radius 2 is 1.40 bits per heavy atom. The van der Waals surface area contributed by atoms with Gasteiger partial charge >= 0.3 is 0 Å². The summed E-state index contributed by atoms with van der Waals surface area (Å²) < 4.78 is 0. The molecule has 1 unspecified atom stereocenters. The van der Waals surface area contributed by atoms with E-state index in [4.69, 9.17) is 23.2 Å². The highest BCUT2D eigenvalue weighted by atomic mass is 35.5. The van der Waals surface area contributed by atoms with Crippen LogP contribution >= 0.6 is 23.2 Å². The van der Waals surface area contributed by atoms with Crippen molar-refractivity contribution < 1.29 is 0 Å². The van der Waals surface area contributed by atoms with Crippen molar-refractivity contribution in [2.45, 2.75) is 25.3 Å². The number of piperidine rings is 1. The van der Waals surface area contributed by atoms with E-state index in [1.54, 1.807) is 0 Å². The van der Waals surface area contributed by atoms with E-state index in [-0.39, 0.29) is 0 Å². The minimum atomic E-state index is 0.433. The van der Waals surface area contributed by atoms with Gasteiger partial charge in [0.05, 0.1) is 6.04 Å². The Labute approximate surface area is 130 Å². The highest BCUT2D eigenvalue weighted by molar-refractivity contribution is 6.30. The van der Waals surface area contributed by atoms with E-state index in [9.17, 15) is 0 Å². The van der Waals surface area contributed by atoms with Gasteiger partial charge in [-0.05, 0) is 61.2 Å². The lowest BCUT2D eigenvalue weighted by Crippen LogP contribution is -2.33. The van der Waals surface area contributed by atoms with E-state index in [1.807, 2.05) is 24.3 Å². The van der Waals surface area contributed by atoms with Crippen LogP contribution in [0.5, 0.6) is 0 Å². The van der Waals surface area contributed by atoms with Gasteiger partial charge < -0.3 is 4.90 Å². The van der Waals surface area contributed by atoms with Gasteiger partial charge in [-0.2, -0.15) is 0 Å². The number of hydrogen-bond acceptors (Lipinski definition) is 1. The Kier molecular flexibility index (Phi) is 4.18. The smallest absolute Gasteiger partial charge is 0.0542 e. The average Bonchev–Trinajstić information content (AvgIpc) is 2.49. The molecule has 1 fully saturated rings. The molecule has 0 saturated carbocycles. The van der Waals surface area contributed by atoms with Crippen molar-refractivity contribution in [2.75, 3.05) is 11.4 Å². The van der Waals surface area contributed by atoms with Crippen LogP contribution in [0.4, 0.5) is 5.69 Å². The van der Waals surface area contributed by atoms with E-state index in [0.717, 1.165) is 16.6 Å². The summed E-state index contributed by atoms with van der Waals surface area (Å²) in [4.78, 5) is 2.48. The van der Waals surface area contributed by atoms with Crippen molar-refractivity contribution in [3.8, 4) is 0 Å². The molecule has 2 aromatic carbocycles. The third-order valence-corrected chi connectivity index (χ3v) is 4.42. The van der Waals surface area contributed by atoms with Gasteiger partial charge in [-0.25, -0.2) is 0 Å². The fraction of sp³-hybridized carbons (Fsp3) is 0.294. The number of benzene rings is 2. The molecule has 0 N–H and O–H groups in total. The lowest BCUT2D eigenvalue weighted by Gasteiger charge is -2.38. The van der Waals surface area contributed by atoms with Crippen molar-refractivity contribution >= 4 is 28.9 Å². The summed E-state index contributed by atoms with van der Waals surface area (Å²) in [5.74, 6) is 0. The molecule has 1 saturated heterocycles. The molecule has 0 amide bonds. The second-order valence-electron chi connectivity index (χ2n) is 5.23. The predicted octanol–water partition coefficient (Wildman–Crippen LogP) is 5.73. The first kappa shape index (κ1) is 13.8. The Morgan fingerprint density at radius 3 is 2.05 bits per heavy atom. The van der Waals surface area contributed by atoms with E-state index in [2.05, 4.69) is 29.2 Å². The predicted molar refractivity (Wildman–Crippen MR) is 86.8 cm³/mol. The topological polar surface area (TPSA) is 3.24 Å². The first-order valence-electron chi connectivity index (χ1n) is 7.02. The second-order valence-corrected chi connectivity index (χ2v) is 6.11. The van der Waals surface area contributed by atoms with E-state index < -0.39 is 0 Å². The molecule has 0 bridgehead atoms. The maximum atomic E-state index is 5.99. The molecule has 104 valence electrons. The summed E-state index contributed by atoms with van der Waals surface area (Å²) >= 11 is 12.0. The fourth-order valence-electron chi connectivity index (χ4n) is 2.90. The second kappa shape index (κ2) is 6.07. The van der Waals surface area contributed by atoms with Crippen LogP contribution in [0.3, 0.4) is 0 Å². The first-order valence-corrected chi connectivity index (χ1v) is 7.77. The van der Waals surface area contributed by atoms with Crippen LogP contribution < -0.4 is 4.90 Å². The van der Waals surface area contributed by atoms with Gasteiger partial charge in [0.2, 0.25) is 0 Å². The first-order chi connectivity index (χ1) is 9.74. The van der Waals surface area contributed by atoms with Gasteiger partial charge in [0.15, 0.2) is 0 Å². The molecule has 0 aliphatic carbocycles. The van der Waals surface area contributed by atoms with Crippen molar-refractivity contribution in [1.82, 2.24) is 0 Å². The van der Waals surface area contributed by atoms with Crippen LogP contribution in [0.15, 0.2) is 48.5 Å². The largest absolute Gasteiger partial charge is 0.364 e. The number of hydrogen-bond donors (Lipinski definition) is 0. The van der Waals surface area contributed by atoms with Gasteiger partial charge in [-0.1, -0.05) is 35.3 Å². The quantitative estimate of drug-likeness (QED) is 0.685. The Hall–Kier alpha value is -1.18. The number of nitrogens with zero attached hydrogens (tertiary/aromatic N) is 1. The SMILES string of the molecule is Clc1ccc(C2CCCCN2c2ccc(Cl)cc2)cc1. The van der Waals surface area contributed by atoms with Crippen molar-refractivity contribution in [3.05, 3.63) is 64.1 Å². The molecule has 1 heterocycles. The molecule has 3 heteroatoms. The van der Waals surface area contributed by atoms with E-state index in [1.165, 1.54) is 30.5 Å². The lowest BCUT2D eigenvalue weighted by atomic mass is 9.94. The number of anilines is 1. The van der Waals surface area contributed by atoms with Crippen molar-refractivity contribution in [1.29, 1.82) is 0 Å². The molecule has 1 aliphatic rings. The number of halogens is 2. The third kappa shape index (κ3) is 2.94. The number of rotatable bonds is 2. The van der Waals surface area contributed by atoms with Crippen molar-refractivity contribution in [3.63, 3.8) is 0 Å². The van der Waals surface area contributed by atoms with Gasteiger partial charge in [-0.15, -0.1) is 0 Å². The van der Waals surface area contributed by atoms with Crippen LogP contribution in [0, 0.1) is 0 Å². The monoisotopic (exact) mass is 305 g/mol. The minimum Gasteiger partial charge on any atom is -0.364 e. The molecule has 0 radical (unpaired) electrons. The van der Waals surface area contributed by atoms with Crippen molar-refractivity contribution in [2.24, 2.45) is 0 Å². The summed E-state index contributed by atoms with van der Waals surface area (Å²) in [7, 11) is 0. The summed E-state index contributed by atoms with van der Waals surface area (Å²) in [6.45, 7) is 1.09. The maximum absolute atomic E-state index is 5.99. The molecule has 1 aliphatic heterocycles. The molecule has 2 aromatic rings. The molecular weight excluding hydrogens is 289 g/mol. The van der Waals surface area contributed by atoms with Crippen LogP contribution in [0.1, 0.15) is 30.9 Å². The molecular formula is C17H17Cl2N. The van der Waals surface area contributed by atoms with Gasteiger partial charge in [-0.3, -0.25) is 0 Å². The highest BCUT2D eigenvalue weighted by Crippen LogP contribution is 2.35. The van der Waals surface area contributed by atoms with Crippen LogP contribution in [-0.4, -0.2) is 6.54 Å². The molecule has 0 aromatic heterocycles. The van der Waals surface area contributed by atoms with Crippen LogP contribution in [0.25, 0.3) is 0 Å². The maximum Gasteiger partial charge on any atom is 0.0542 e. The van der Waals surface area contributed by atoms with Gasteiger partial charge in [0.25, 0.3) is 0 Å². The molecule has 0 spiro atoms. The summed E-state index contributed by atoms with van der Waals surface area (Å²) in [5.41, 5.74) is 2.58. The normalized spacial score (nSPS) is 19.1. The molecule has 1 atom stereocenters. The highest BCUT2D eigenvalue weighted by Gasteiger charge is 2.24. The average molecular weight is 306 g/mol. The Balaban J connectivity index is 1.90. The van der Waals surface area contributed by atoms with E-state index in [0.29, 0.717) is 6.04 Å².